The summed E-state index contributed by atoms with van der Waals surface area (Å²) < 4.78 is 17.8. The summed E-state index contributed by atoms with van der Waals surface area (Å²) in [5.74, 6) is 1.62. The number of amides is 1. The molecule has 0 fully saturated rings. The molecule has 29 heavy (non-hydrogen) atoms. The minimum absolute atomic E-state index is 0.272. The van der Waals surface area contributed by atoms with E-state index in [2.05, 4.69) is 21.2 Å². The number of carbonyl (C=O) groups is 1. The summed E-state index contributed by atoms with van der Waals surface area (Å²) in [6.45, 7) is 3.10. The molecule has 0 saturated heterocycles. The predicted molar refractivity (Wildman–Crippen MR) is 117 cm³/mol. The molecule has 0 atom stereocenters. The van der Waals surface area contributed by atoms with Crippen LogP contribution in [0.4, 0.5) is 5.69 Å². The number of nitrogens with one attached hydrogen (secondary N) is 1. The second-order valence-corrected chi connectivity index (χ2v) is 6.95. The molecule has 3 aromatic rings. The maximum atomic E-state index is 12.8. The molecule has 0 aliphatic rings. The van der Waals surface area contributed by atoms with Gasteiger partial charge in [0.1, 0.15) is 30.5 Å². The van der Waals surface area contributed by atoms with Gasteiger partial charge in [0.25, 0.3) is 5.91 Å². The molecule has 3 rings (SSSR count). The van der Waals surface area contributed by atoms with Gasteiger partial charge in [0.2, 0.25) is 0 Å². The Balaban J connectivity index is 1.64. The van der Waals surface area contributed by atoms with Crippen LogP contribution in [0.25, 0.3) is 0 Å². The first-order valence-electron chi connectivity index (χ1n) is 9.30. The largest absolute Gasteiger partial charge is 0.493 e. The summed E-state index contributed by atoms with van der Waals surface area (Å²) in [7, 11) is 0. The zero-order valence-corrected chi connectivity index (χ0v) is 17.6. The van der Waals surface area contributed by atoms with Gasteiger partial charge in [0.05, 0.1) is 17.9 Å². The highest BCUT2D eigenvalue weighted by molar-refractivity contribution is 9.10. The Labute approximate surface area is 178 Å². The fourth-order valence-corrected chi connectivity index (χ4v) is 3.04. The minimum Gasteiger partial charge on any atom is -0.493 e. The number of carbonyl (C=O) groups excluding carboxylic acids is 1. The van der Waals surface area contributed by atoms with E-state index in [4.69, 9.17) is 14.2 Å². The molecule has 0 spiro atoms. The van der Waals surface area contributed by atoms with Gasteiger partial charge in [0.15, 0.2) is 0 Å². The normalized spacial score (nSPS) is 10.3. The van der Waals surface area contributed by atoms with Crippen molar-refractivity contribution in [3.8, 4) is 17.2 Å². The Hall–Kier alpha value is -2.99. The van der Waals surface area contributed by atoms with Crippen LogP contribution in [0, 0.1) is 0 Å². The van der Waals surface area contributed by atoms with E-state index in [9.17, 15) is 4.79 Å². The van der Waals surface area contributed by atoms with Crippen molar-refractivity contribution >= 4 is 27.5 Å². The van der Waals surface area contributed by atoms with Gasteiger partial charge in [-0.15, -0.1) is 0 Å². The van der Waals surface area contributed by atoms with Crippen LogP contribution >= 0.6 is 15.9 Å². The number of hydrogen-bond donors (Lipinski definition) is 1. The maximum Gasteiger partial charge on any atom is 0.259 e. The van der Waals surface area contributed by atoms with Crippen molar-refractivity contribution in [3.05, 3.63) is 82.8 Å². The Morgan fingerprint density at radius 2 is 1.59 bits per heavy atom. The summed E-state index contributed by atoms with van der Waals surface area (Å²) in [6.07, 6.45) is 0. The van der Waals surface area contributed by atoms with E-state index in [-0.39, 0.29) is 5.91 Å². The fourth-order valence-electron chi connectivity index (χ4n) is 2.67. The van der Waals surface area contributed by atoms with E-state index in [1.807, 2.05) is 61.5 Å². The van der Waals surface area contributed by atoms with Gasteiger partial charge in [-0.25, -0.2) is 0 Å². The minimum atomic E-state index is -0.272. The van der Waals surface area contributed by atoms with Gasteiger partial charge >= 0.3 is 0 Å². The van der Waals surface area contributed by atoms with Crippen LogP contribution in [-0.4, -0.2) is 25.7 Å². The Morgan fingerprint density at radius 1 is 0.862 bits per heavy atom. The van der Waals surface area contributed by atoms with E-state index < -0.39 is 0 Å². The number of para-hydroxylation sites is 3. The highest BCUT2D eigenvalue weighted by atomic mass is 79.9. The molecule has 0 unspecified atom stereocenters. The van der Waals surface area contributed by atoms with Crippen molar-refractivity contribution in [2.75, 3.05) is 25.1 Å². The van der Waals surface area contributed by atoms with Gasteiger partial charge in [0, 0.05) is 4.47 Å². The van der Waals surface area contributed by atoms with Crippen LogP contribution in [0.15, 0.2) is 77.3 Å². The molecule has 0 aliphatic carbocycles. The highest BCUT2D eigenvalue weighted by Crippen LogP contribution is 2.28. The molecule has 6 heteroatoms. The molecule has 0 saturated carbocycles. The Morgan fingerprint density at radius 3 is 2.38 bits per heavy atom. The molecule has 0 bridgehead atoms. The number of benzene rings is 3. The SMILES string of the molecule is CCOc1ccc(Br)cc1C(=O)Nc1ccccc1OCCOc1ccccc1. The van der Waals surface area contributed by atoms with E-state index in [0.717, 1.165) is 10.2 Å². The van der Waals surface area contributed by atoms with Crippen molar-refractivity contribution in [3.63, 3.8) is 0 Å². The zero-order chi connectivity index (χ0) is 20.5. The fraction of sp³-hybridized carbons (Fsp3) is 0.174. The average Bonchev–Trinajstić information content (AvgIpc) is 2.74. The van der Waals surface area contributed by atoms with Gasteiger partial charge in [-0.3, -0.25) is 4.79 Å². The van der Waals surface area contributed by atoms with Crippen molar-refractivity contribution in [1.29, 1.82) is 0 Å². The Bertz CT molecular complexity index is 947. The zero-order valence-electron chi connectivity index (χ0n) is 16.1. The van der Waals surface area contributed by atoms with Crippen LogP contribution in [0.2, 0.25) is 0 Å². The molecule has 1 N–H and O–H groups in total. The van der Waals surface area contributed by atoms with Crippen LogP contribution in [-0.2, 0) is 0 Å². The predicted octanol–water partition coefficient (Wildman–Crippen LogP) is 5.56. The van der Waals surface area contributed by atoms with Crippen LogP contribution in [0.1, 0.15) is 17.3 Å². The first-order valence-corrected chi connectivity index (χ1v) is 10.1. The van der Waals surface area contributed by atoms with E-state index >= 15 is 0 Å². The molecule has 150 valence electrons. The number of rotatable bonds is 9. The molecule has 3 aromatic carbocycles. The third kappa shape index (κ3) is 5.99. The lowest BCUT2D eigenvalue weighted by Gasteiger charge is -2.14. The first kappa shape index (κ1) is 20.7. The summed E-state index contributed by atoms with van der Waals surface area (Å²) in [6, 6.07) is 22.2. The van der Waals surface area contributed by atoms with E-state index in [0.29, 0.717) is 42.6 Å². The average molecular weight is 456 g/mol. The van der Waals surface area contributed by atoms with Crippen LogP contribution in [0.5, 0.6) is 17.2 Å². The van der Waals surface area contributed by atoms with Crippen molar-refractivity contribution in [1.82, 2.24) is 0 Å². The number of hydrogen-bond acceptors (Lipinski definition) is 4. The molecule has 0 radical (unpaired) electrons. The monoisotopic (exact) mass is 455 g/mol. The lowest BCUT2D eigenvalue weighted by atomic mass is 10.1. The van der Waals surface area contributed by atoms with Crippen molar-refractivity contribution in [2.45, 2.75) is 6.92 Å². The summed E-state index contributed by atoms with van der Waals surface area (Å²) in [5, 5.41) is 2.91. The molecular formula is C23H22BrNO4. The van der Waals surface area contributed by atoms with Gasteiger partial charge < -0.3 is 19.5 Å². The smallest absolute Gasteiger partial charge is 0.259 e. The Kier molecular flexibility index (Phi) is 7.53. The number of ether oxygens (including phenoxy) is 3. The maximum absolute atomic E-state index is 12.8. The topological polar surface area (TPSA) is 56.8 Å². The molecule has 0 aromatic heterocycles. The molecule has 5 nitrogen and oxygen atoms in total. The second kappa shape index (κ2) is 10.5. The van der Waals surface area contributed by atoms with E-state index in [1.165, 1.54) is 0 Å². The van der Waals surface area contributed by atoms with Crippen molar-refractivity contribution < 1.29 is 19.0 Å². The second-order valence-electron chi connectivity index (χ2n) is 6.03. The lowest BCUT2D eigenvalue weighted by Crippen LogP contribution is -2.15. The van der Waals surface area contributed by atoms with Crippen LogP contribution < -0.4 is 19.5 Å². The molecular weight excluding hydrogens is 434 g/mol. The lowest BCUT2D eigenvalue weighted by molar-refractivity contribution is 0.102. The molecule has 1 amide bonds. The van der Waals surface area contributed by atoms with Crippen molar-refractivity contribution in [2.24, 2.45) is 0 Å². The van der Waals surface area contributed by atoms with Gasteiger partial charge in [-0.1, -0.05) is 46.3 Å². The molecule has 0 heterocycles. The van der Waals surface area contributed by atoms with Crippen LogP contribution in [0.3, 0.4) is 0 Å². The summed E-state index contributed by atoms with van der Waals surface area (Å²) >= 11 is 3.40. The quantitative estimate of drug-likeness (QED) is 0.429. The summed E-state index contributed by atoms with van der Waals surface area (Å²) in [4.78, 5) is 12.8. The van der Waals surface area contributed by atoms with Gasteiger partial charge in [-0.05, 0) is 49.4 Å². The number of anilines is 1. The summed E-state index contributed by atoms with van der Waals surface area (Å²) in [5.41, 5.74) is 1.03. The third-order valence-electron chi connectivity index (χ3n) is 3.97. The highest BCUT2D eigenvalue weighted by Gasteiger charge is 2.15. The standard InChI is InChI=1S/C23H22BrNO4/c1-2-27-21-13-12-17(24)16-19(21)23(26)25-20-10-6-7-11-22(20)29-15-14-28-18-8-4-3-5-9-18/h3-13,16H,2,14-15H2,1H3,(H,25,26). The number of halogens is 1. The van der Waals surface area contributed by atoms with E-state index in [1.54, 1.807) is 18.2 Å². The van der Waals surface area contributed by atoms with Gasteiger partial charge in [-0.2, -0.15) is 0 Å². The molecule has 0 aliphatic heterocycles. The third-order valence-corrected chi connectivity index (χ3v) is 4.47. The first-order chi connectivity index (χ1) is 14.2.